The second-order valence-electron chi connectivity index (χ2n) is 28.4. The van der Waals surface area contributed by atoms with E-state index < -0.39 is 193 Å². The number of ketones is 2. The molecule has 0 bridgehead atoms. The van der Waals surface area contributed by atoms with Crippen LogP contribution in [0.4, 0.5) is 4.39 Å². The zero-order valence-corrected chi connectivity index (χ0v) is 63.4. The van der Waals surface area contributed by atoms with Crippen molar-refractivity contribution in [3.05, 3.63) is 142 Å². The number of aliphatic hydroxyl groups is 3. The maximum absolute atomic E-state index is 15.5. The fraction of sp³-hybridized carbons (Fsp3) is 0.487. The summed E-state index contributed by atoms with van der Waals surface area (Å²) in [6.07, 6.45) is -1.95. The van der Waals surface area contributed by atoms with Crippen molar-refractivity contribution in [3.63, 3.8) is 0 Å². The Bertz CT molecular complexity index is 4000. The summed E-state index contributed by atoms with van der Waals surface area (Å²) in [5, 5.41) is 62.0. The van der Waals surface area contributed by atoms with Gasteiger partial charge in [-0.1, -0.05) is 91.7 Å². The smallest absolute Gasteiger partial charge is 0.305 e. The lowest BCUT2D eigenvalue weighted by molar-refractivity contribution is -0.143. The van der Waals surface area contributed by atoms with Gasteiger partial charge in [0.25, 0.3) is 0 Å². The number of ether oxygens (including phenoxy) is 1. The molecule has 0 radical (unpaired) electrons. The van der Waals surface area contributed by atoms with E-state index in [0.717, 1.165) is 66.1 Å². The van der Waals surface area contributed by atoms with Gasteiger partial charge in [-0.05, 0) is 151 Å². The van der Waals surface area contributed by atoms with Crippen molar-refractivity contribution in [2.75, 3.05) is 26.3 Å². The predicted molar refractivity (Wildman–Crippen MR) is 403 cm³/mol. The fourth-order valence-electron chi connectivity index (χ4n) is 12.2. The number of unbranched alkanes of at least 4 members (excludes halogenated alkanes) is 1. The minimum atomic E-state index is -2.14. The average Bonchev–Trinajstić information content (AvgIpc) is 0.850. The van der Waals surface area contributed by atoms with Crippen LogP contribution in [0, 0.1) is 30.5 Å². The van der Waals surface area contributed by atoms with Crippen molar-refractivity contribution >= 4 is 76.6 Å². The summed E-state index contributed by atoms with van der Waals surface area (Å²) in [6, 6.07) is 11.5. The molecule has 0 saturated heterocycles. The quantitative estimate of drug-likeness (QED) is 0.0193. The van der Waals surface area contributed by atoms with Crippen LogP contribution in [0.15, 0.2) is 97.5 Å². The van der Waals surface area contributed by atoms with Gasteiger partial charge in [0.2, 0.25) is 59.1 Å². The molecule has 1 heterocycles. The van der Waals surface area contributed by atoms with Crippen LogP contribution in [-0.4, -0.2) is 188 Å². The van der Waals surface area contributed by atoms with E-state index in [9.17, 15) is 82.8 Å². The number of hydrogen-bond acceptors (Lipinski definition) is 19. The molecule has 598 valence electrons. The Morgan fingerprint density at radius 2 is 1.26 bits per heavy atom. The number of imidazole rings is 1. The van der Waals surface area contributed by atoms with Crippen molar-refractivity contribution in [2.24, 2.45) is 28.0 Å². The number of nitrogens with two attached hydrogens (primary N) is 3. The monoisotopic (exact) mass is 1530 g/mol. The van der Waals surface area contributed by atoms with Crippen molar-refractivity contribution in [3.8, 4) is 16.9 Å². The van der Waals surface area contributed by atoms with Gasteiger partial charge in [0.1, 0.15) is 53.2 Å². The number of primary amides is 2. The molecular formula is C78H106FN13O18. The number of nitrogens with zero attached hydrogens (tertiary/aromatic N) is 1. The second kappa shape index (κ2) is 43.4. The topological polar surface area (TPSA) is 515 Å². The summed E-state index contributed by atoms with van der Waals surface area (Å²) in [7, 11) is 0. The number of carboxylic acid groups (broad SMARTS) is 1. The second-order valence-corrected chi connectivity index (χ2v) is 28.4. The minimum Gasteiger partial charge on any atom is -0.494 e. The minimum absolute atomic E-state index is 0.0793. The fourth-order valence-corrected chi connectivity index (χ4v) is 12.2. The van der Waals surface area contributed by atoms with Crippen LogP contribution in [0.3, 0.4) is 0 Å². The van der Waals surface area contributed by atoms with E-state index in [-0.39, 0.29) is 31.4 Å². The number of nitrogens with one attached hydrogen (secondary N) is 9. The Labute approximate surface area is 638 Å². The zero-order chi connectivity index (χ0) is 81.6. The summed E-state index contributed by atoms with van der Waals surface area (Å²) >= 11 is 0. The highest BCUT2D eigenvalue weighted by atomic mass is 19.1. The van der Waals surface area contributed by atoms with Gasteiger partial charge in [-0.3, -0.25) is 62.3 Å². The number of rotatable bonds is 48. The number of aromatic nitrogens is 2. The molecule has 32 heteroatoms. The molecule has 1 aromatic heterocycles. The number of amides is 10. The van der Waals surface area contributed by atoms with Crippen molar-refractivity contribution in [2.45, 2.75) is 206 Å². The van der Waals surface area contributed by atoms with Gasteiger partial charge in [0, 0.05) is 57.0 Å². The van der Waals surface area contributed by atoms with E-state index in [1.807, 2.05) is 57.2 Å². The molecule has 0 fully saturated rings. The molecule has 10 atom stereocenters. The molecule has 0 spiro atoms. The van der Waals surface area contributed by atoms with Gasteiger partial charge >= 0.3 is 5.97 Å². The van der Waals surface area contributed by atoms with Crippen molar-refractivity contribution < 1.29 is 91.9 Å². The first-order valence-corrected chi connectivity index (χ1v) is 36.5. The maximum atomic E-state index is 15.5. The van der Waals surface area contributed by atoms with E-state index >= 15 is 4.39 Å². The number of aromatic amines is 1. The molecule has 31 nitrogen and oxygen atoms in total. The average molecular weight is 1530 g/mol. The lowest BCUT2D eigenvalue weighted by Crippen LogP contribution is -2.62. The number of Topliss-reactive ketones (excluding diaryl/α,β-unsaturated/α-hetero) is 2. The van der Waals surface area contributed by atoms with Crippen LogP contribution in [-0.2, 0) is 94.4 Å². The SMILES string of the molecule is CCc1cc(OCCCCN)ccc1-c1ccc(C[C@H](NC(=O)[C@H](CC(=O)O)NC(=O)[C@H](CO)NC(=O)[C@@H](NC(=O)[C@@](C)(CC(=O)[C@@H](NC(=O)CCC(=O)[C@H](CCC(N)=O)NC(=O)C(C)(C)C(=O)NCCc2cnc[nH]2)[C@@H](C)O)Cc2ccccc2F)[C@@H](C)O)C(=O)N[C@@H](CCCc2cc(C)cc(C)c2)C(N)=O)cc1. The molecule has 5 rings (SSSR count). The summed E-state index contributed by atoms with van der Waals surface area (Å²) in [5.41, 5.74) is 19.7. The number of carboxylic acids is 1. The first-order chi connectivity index (χ1) is 52.0. The maximum Gasteiger partial charge on any atom is 0.305 e. The zero-order valence-electron chi connectivity index (χ0n) is 63.4. The molecule has 19 N–H and O–H groups in total. The molecule has 0 unspecified atom stereocenters. The number of benzene rings is 4. The Balaban J connectivity index is 1.34. The number of aliphatic hydroxyl groups excluding tert-OH is 3. The van der Waals surface area contributed by atoms with E-state index in [1.165, 1.54) is 45.3 Å². The number of carbonyl (C=O) groups is 13. The number of hydrogen-bond donors (Lipinski definition) is 16. The van der Waals surface area contributed by atoms with Crippen LogP contribution in [0.2, 0.25) is 0 Å². The van der Waals surface area contributed by atoms with E-state index in [0.29, 0.717) is 55.8 Å². The summed E-state index contributed by atoms with van der Waals surface area (Å²) in [5.74, 6) is -14.1. The van der Waals surface area contributed by atoms with Gasteiger partial charge in [-0.15, -0.1) is 0 Å². The highest BCUT2D eigenvalue weighted by Gasteiger charge is 2.44. The van der Waals surface area contributed by atoms with Gasteiger partial charge < -0.3 is 89.9 Å². The van der Waals surface area contributed by atoms with E-state index in [1.54, 1.807) is 30.5 Å². The Kier molecular flexibility index (Phi) is 35.4. The summed E-state index contributed by atoms with van der Waals surface area (Å²) in [4.78, 5) is 185. The van der Waals surface area contributed by atoms with Crippen molar-refractivity contribution in [1.82, 2.24) is 52.5 Å². The van der Waals surface area contributed by atoms with E-state index in [2.05, 4.69) is 52.5 Å². The normalized spacial score (nSPS) is 14.3. The predicted octanol–water partition coefficient (Wildman–Crippen LogP) is 1.39. The molecule has 0 saturated carbocycles. The molecule has 4 aromatic carbocycles. The van der Waals surface area contributed by atoms with Crippen LogP contribution in [0.5, 0.6) is 5.75 Å². The number of aliphatic carboxylic acids is 1. The third kappa shape index (κ3) is 28.3. The van der Waals surface area contributed by atoms with Crippen molar-refractivity contribution in [1.29, 1.82) is 0 Å². The Hall–Kier alpha value is -10.8. The molecular weight excluding hydrogens is 1430 g/mol. The number of carbonyl (C=O) groups excluding carboxylic acids is 12. The molecule has 0 aliphatic heterocycles. The Morgan fingerprint density at radius 1 is 0.627 bits per heavy atom. The molecule has 0 aliphatic rings. The van der Waals surface area contributed by atoms with Crippen LogP contribution >= 0.6 is 0 Å². The van der Waals surface area contributed by atoms with Gasteiger partial charge in [0.05, 0.1) is 49.6 Å². The van der Waals surface area contributed by atoms with Crippen LogP contribution in [0.25, 0.3) is 11.1 Å². The molecule has 10 amide bonds. The molecule has 5 aromatic rings. The molecule has 110 heavy (non-hydrogen) atoms. The summed E-state index contributed by atoms with van der Waals surface area (Å²) < 4.78 is 21.5. The van der Waals surface area contributed by atoms with Gasteiger partial charge in [-0.2, -0.15) is 0 Å². The largest absolute Gasteiger partial charge is 0.494 e. The summed E-state index contributed by atoms with van der Waals surface area (Å²) in [6.45, 7) is 11.7. The van der Waals surface area contributed by atoms with Crippen LogP contribution < -0.4 is 64.5 Å². The highest BCUT2D eigenvalue weighted by molar-refractivity contribution is 6.06. The number of H-pyrrole nitrogens is 1. The third-order valence-corrected chi connectivity index (χ3v) is 18.6. The lowest BCUT2D eigenvalue weighted by atomic mass is 9.76. The lowest BCUT2D eigenvalue weighted by Gasteiger charge is -2.33. The van der Waals surface area contributed by atoms with Gasteiger partial charge in [0.15, 0.2) is 11.6 Å². The van der Waals surface area contributed by atoms with Crippen LogP contribution in [0.1, 0.15) is 145 Å². The number of halogens is 1. The standard InChI is InChI=1S/C78H106FN13O18/c1-9-50-37-54(110-32-13-12-30-80)23-24-55(50)51-21-19-48(20-22-51)36-59(70(103)86-58(69(82)102)18-14-15-49-34-44(2)33-45(3)35-49)87-71(104)60(38-66(100)101)88-72(105)61(42-93)89-73(106)68(47(5)95)92-76(109)78(8,39-52-16-10-11-17-56(52)79)40-63(97)67(46(4)94)91-65(99)28-26-62(96)57(25-27-64(81)98)90-75(108)77(6,7)74(107)84-31-29-53-41-83-43-85-53/h10-11,16-17,19-24,33-35,37,41,43,46-47,57-61,67-68,93-95H,9,12-15,18,25-32,36,38-40,42,80H2,1-8H3,(H2,81,98)(H2,82,102)(H,83,85)(H,84,107)(H,86,103)(H,87,104)(H,88,105)(H,89,106)(H,90,108)(H,91,99)(H,92,109)(H,100,101)/t46-,47-,57+,58+,59+,60+,61+,67+,68+,78-/m1/s1. The first kappa shape index (κ1) is 89.8. The third-order valence-electron chi connectivity index (χ3n) is 18.6. The first-order valence-electron chi connectivity index (χ1n) is 36.5. The highest BCUT2D eigenvalue weighted by Crippen LogP contribution is 2.32. The Morgan fingerprint density at radius 3 is 1.86 bits per heavy atom. The molecule has 0 aliphatic carbocycles. The van der Waals surface area contributed by atoms with E-state index in [4.69, 9.17) is 21.9 Å². The number of aryl methyl sites for hydroxylation is 4. The van der Waals surface area contributed by atoms with Gasteiger partial charge in [-0.25, -0.2) is 9.37 Å².